The Labute approximate surface area is 182 Å². The molecule has 0 aliphatic carbocycles. The molecule has 8 nitrogen and oxygen atoms in total. The van der Waals surface area contributed by atoms with Gasteiger partial charge in [-0.3, -0.25) is 10.3 Å². The number of urea groups is 1. The van der Waals surface area contributed by atoms with Gasteiger partial charge in [0.15, 0.2) is 5.82 Å². The quantitative estimate of drug-likeness (QED) is 0.462. The van der Waals surface area contributed by atoms with Gasteiger partial charge in [-0.15, -0.1) is 0 Å². The number of amides is 2. The number of halogens is 2. The summed E-state index contributed by atoms with van der Waals surface area (Å²) >= 11 is 8.38. The van der Waals surface area contributed by atoms with Crippen molar-refractivity contribution in [2.75, 3.05) is 36.9 Å². The summed E-state index contributed by atoms with van der Waals surface area (Å²) < 4.78 is 13.9. The van der Waals surface area contributed by atoms with Crippen LogP contribution in [0, 0.1) is 6.92 Å². The average molecular weight is 518 g/mol. The zero-order chi connectivity index (χ0) is 19.9. The van der Waals surface area contributed by atoms with Crippen molar-refractivity contribution in [3.63, 3.8) is 0 Å². The molecule has 10 heteroatoms. The van der Waals surface area contributed by atoms with Crippen LogP contribution >= 0.6 is 34.5 Å². The molecule has 1 unspecified atom stereocenters. The third-order valence-corrected chi connectivity index (χ3v) is 5.05. The van der Waals surface area contributed by atoms with E-state index in [1.165, 1.54) is 6.20 Å². The van der Waals surface area contributed by atoms with E-state index in [1.807, 2.05) is 6.92 Å². The number of carbonyl (C=O) groups excluding carboxylic acids is 1. The molecule has 0 radical (unpaired) electrons. The van der Waals surface area contributed by atoms with Gasteiger partial charge in [0.2, 0.25) is 0 Å². The maximum atomic E-state index is 12.3. The van der Waals surface area contributed by atoms with Crippen LogP contribution in [0.2, 0.25) is 5.02 Å². The van der Waals surface area contributed by atoms with Gasteiger partial charge < -0.3 is 14.8 Å². The first kappa shape index (κ1) is 21.0. The van der Waals surface area contributed by atoms with Gasteiger partial charge >= 0.3 is 6.03 Å². The highest BCUT2D eigenvalue weighted by atomic mass is 127. The number of hydrogen-bond donors (Lipinski definition) is 2. The first-order valence-electron chi connectivity index (χ1n) is 8.81. The van der Waals surface area contributed by atoms with Crippen molar-refractivity contribution < 1.29 is 14.3 Å². The van der Waals surface area contributed by atoms with E-state index < -0.39 is 6.03 Å². The molecule has 1 aliphatic heterocycles. The SMILES string of the molecule is Cc1cnc(NC(=O)Nc2cc(Cl)ccc2OCC2CN(I)CCCO2)cn1. The van der Waals surface area contributed by atoms with E-state index in [0.29, 0.717) is 35.5 Å². The summed E-state index contributed by atoms with van der Waals surface area (Å²) in [6, 6.07) is 4.61. The molecule has 1 saturated heterocycles. The smallest absolute Gasteiger partial charge is 0.325 e. The molecule has 2 N–H and O–H groups in total. The summed E-state index contributed by atoms with van der Waals surface area (Å²) in [6.07, 6.45) is 4.02. The van der Waals surface area contributed by atoms with Gasteiger partial charge in [0.1, 0.15) is 18.5 Å². The molecule has 2 aromatic rings. The van der Waals surface area contributed by atoms with E-state index in [4.69, 9.17) is 21.1 Å². The second-order valence-corrected chi connectivity index (χ2v) is 8.09. The Balaban J connectivity index is 1.63. The first-order chi connectivity index (χ1) is 13.5. The van der Waals surface area contributed by atoms with Crippen molar-refractivity contribution >= 4 is 52.0 Å². The number of aryl methyl sites for hydroxylation is 1. The standard InChI is InChI=1S/C18H21ClIN5O3/c1-12-8-22-17(9-21-12)24-18(26)23-15-7-13(19)3-4-16(15)28-11-14-10-25(20)5-2-6-27-14/h3-4,7-9,14H,2,5-6,10-11H2,1H3,(H2,22,23,24,26). The van der Waals surface area contributed by atoms with Gasteiger partial charge in [-0.1, -0.05) is 11.6 Å². The number of carbonyl (C=O) groups is 1. The lowest BCUT2D eigenvalue weighted by Crippen LogP contribution is -2.30. The minimum absolute atomic E-state index is 0.0420. The lowest BCUT2D eigenvalue weighted by Gasteiger charge is -2.20. The summed E-state index contributed by atoms with van der Waals surface area (Å²) in [5.41, 5.74) is 1.23. The fourth-order valence-corrected chi connectivity index (χ4v) is 3.54. The molecule has 1 aromatic heterocycles. The van der Waals surface area contributed by atoms with Crippen LogP contribution in [-0.4, -0.2) is 51.5 Å². The predicted octanol–water partition coefficient (Wildman–Crippen LogP) is 3.90. The van der Waals surface area contributed by atoms with E-state index in [-0.39, 0.29) is 6.10 Å². The molecule has 0 spiro atoms. The number of ether oxygens (including phenoxy) is 2. The molecule has 1 aliphatic rings. The highest BCUT2D eigenvalue weighted by Gasteiger charge is 2.19. The van der Waals surface area contributed by atoms with Gasteiger partial charge in [0, 0.05) is 47.6 Å². The number of nitrogens with zero attached hydrogens (tertiary/aromatic N) is 3. The van der Waals surface area contributed by atoms with Crippen molar-refractivity contribution in [1.29, 1.82) is 0 Å². The zero-order valence-corrected chi connectivity index (χ0v) is 18.2. The highest BCUT2D eigenvalue weighted by molar-refractivity contribution is 14.1. The van der Waals surface area contributed by atoms with Crippen LogP contribution < -0.4 is 15.4 Å². The topological polar surface area (TPSA) is 88.6 Å². The number of rotatable bonds is 5. The van der Waals surface area contributed by atoms with Crippen molar-refractivity contribution in [3.8, 4) is 5.75 Å². The molecule has 0 saturated carbocycles. The van der Waals surface area contributed by atoms with Gasteiger partial charge in [-0.25, -0.2) is 12.9 Å². The van der Waals surface area contributed by atoms with E-state index in [9.17, 15) is 4.79 Å². The summed E-state index contributed by atoms with van der Waals surface area (Å²) in [5, 5.41) is 5.86. The molecule has 28 heavy (non-hydrogen) atoms. The van der Waals surface area contributed by atoms with Crippen LogP contribution in [0.4, 0.5) is 16.3 Å². The lowest BCUT2D eigenvalue weighted by molar-refractivity contribution is 0.0291. The van der Waals surface area contributed by atoms with E-state index in [2.05, 4.69) is 46.6 Å². The minimum atomic E-state index is -0.463. The third kappa shape index (κ3) is 6.43. The number of benzene rings is 1. The normalized spacial score (nSPS) is 17.6. The van der Waals surface area contributed by atoms with Gasteiger partial charge in [-0.05, 0) is 31.5 Å². The zero-order valence-electron chi connectivity index (χ0n) is 15.3. The molecule has 1 fully saturated rings. The second-order valence-electron chi connectivity index (χ2n) is 6.29. The summed E-state index contributed by atoms with van der Waals surface area (Å²) in [5.74, 6) is 0.865. The van der Waals surface area contributed by atoms with Crippen molar-refractivity contribution in [3.05, 3.63) is 41.3 Å². The summed E-state index contributed by atoms with van der Waals surface area (Å²) in [6.45, 7) is 4.68. The number of hydrogen-bond acceptors (Lipinski definition) is 6. The number of anilines is 2. The minimum Gasteiger partial charge on any atom is -0.489 e. The van der Waals surface area contributed by atoms with E-state index in [1.54, 1.807) is 24.4 Å². The largest absolute Gasteiger partial charge is 0.489 e. The van der Waals surface area contributed by atoms with Crippen LogP contribution in [0.25, 0.3) is 0 Å². The highest BCUT2D eigenvalue weighted by Crippen LogP contribution is 2.28. The second kappa shape index (κ2) is 10.2. The number of nitrogens with one attached hydrogen (secondary N) is 2. The van der Waals surface area contributed by atoms with Crippen LogP contribution in [0.3, 0.4) is 0 Å². The van der Waals surface area contributed by atoms with Crippen molar-refractivity contribution in [2.24, 2.45) is 0 Å². The lowest BCUT2D eigenvalue weighted by atomic mass is 10.3. The predicted molar refractivity (Wildman–Crippen MR) is 116 cm³/mol. The van der Waals surface area contributed by atoms with Crippen LogP contribution in [0.5, 0.6) is 5.75 Å². The third-order valence-electron chi connectivity index (χ3n) is 3.94. The molecule has 1 atom stereocenters. The maximum absolute atomic E-state index is 12.3. The van der Waals surface area contributed by atoms with Crippen molar-refractivity contribution in [1.82, 2.24) is 13.1 Å². The monoisotopic (exact) mass is 517 g/mol. The van der Waals surface area contributed by atoms with Crippen LogP contribution in [-0.2, 0) is 4.74 Å². The molecule has 1 aromatic carbocycles. The summed E-state index contributed by atoms with van der Waals surface area (Å²) in [4.78, 5) is 20.5. The summed E-state index contributed by atoms with van der Waals surface area (Å²) in [7, 11) is 0. The molecule has 2 heterocycles. The van der Waals surface area contributed by atoms with Crippen LogP contribution in [0.15, 0.2) is 30.6 Å². The fraction of sp³-hybridized carbons (Fsp3) is 0.389. The Bertz CT molecular complexity index is 808. The Kier molecular flexibility index (Phi) is 7.65. The molecule has 3 rings (SSSR count). The molecule has 150 valence electrons. The Hall–Kier alpha value is -1.69. The van der Waals surface area contributed by atoms with E-state index in [0.717, 1.165) is 25.2 Å². The number of aromatic nitrogens is 2. The Morgan fingerprint density at radius 1 is 1.39 bits per heavy atom. The molecular weight excluding hydrogens is 497 g/mol. The van der Waals surface area contributed by atoms with Gasteiger partial charge in [-0.2, -0.15) is 0 Å². The van der Waals surface area contributed by atoms with Gasteiger partial charge in [0.25, 0.3) is 0 Å². The maximum Gasteiger partial charge on any atom is 0.325 e. The Morgan fingerprint density at radius 2 is 2.25 bits per heavy atom. The average Bonchev–Trinajstić information content (AvgIpc) is 2.87. The van der Waals surface area contributed by atoms with E-state index >= 15 is 0 Å². The first-order valence-corrected chi connectivity index (χ1v) is 10.2. The van der Waals surface area contributed by atoms with Gasteiger partial charge in [0.05, 0.1) is 23.8 Å². The molecule has 2 amide bonds. The van der Waals surface area contributed by atoms with Crippen LogP contribution in [0.1, 0.15) is 12.1 Å². The molecular formula is C18H21ClIN5O3. The molecule has 0 bridgehead atoms. The fourth-order valence-electron chi connectivity index (χ4n) is 2.59. The van der Waals surface area contributed by atoms with Crippen molar-refractivity contribution in [2.45, 2.75) is 19.4 Å². The Morgan fingerprint density at radius 3 is 3.04 bits per heavy atom.